The van der Waals surface area contributed by atoms with E-state index in [-0.39, 0.29) is 10.6 Å². The molecule has 0 radical (unpaired) electrons. The van der Waals surface area contributed by atoms with Gasteiger partial charge in [-0.3, -0.25) is 10.1 Å². The van der Waals surface area contributed by atoms with Crippen LogP contribution in [0.3, 0.4) is 0 Å². The molecular formula is C14H20N2O3S. The smallest absolute Gasteiger partial charge is 0.275 e. The molecule has 1 atom stereocenters. The summed E-state index contributed by atoms with van der Waals surface area (Å²) in [5, 5.41) is 14.4. The van der Waals surface area contributed by atoms with Crippen LogP contribution in [0.1, 0.15) is 26.2 Å². The van der Waals surface area contributed by atoms with Crippen LogP contribution in [-0.2, 0) is 0 Å². The maximum atomic E-state index is 11.0. The van der Waals surface area contributed by atoms with Crippen LogP contribution in [0.15, 0.2) is 18.2 Å². The molecular weight excluding hydrogens is 276 g/mol. The molecule has 0 saturated carbocycles. The maximum absolute atomic E-state index is 11.0. The molecule has 0 aliphatic carbocycles. The number of nitrogens with one attached hydrogen (secondary N) is 1. The van der Waals surface area contributed by atoms with Crippen LogP contribution in [0, 0.1) is 10.1 Å². The fourth-order valence-electron chi connectivity index (χ4n) is 2.17. The van der Waals surface area contributed by atoms with Crippen LogP contribution in [0.4, 0.5) is 11.4 Å². The first-order valence-electron chi connectivity index (χ1n) is 6.95. The molecule has 6 heteroatoms. The summed E-state index contributed by atoms with van der Waals surface area (Å²) in [5.41, 5.74) is 0.849. The van der Waals surface area contributed by atoms with E-state index in [1.54, 1.807) is 6.07 Å². The lowest BCUT2D eigenvalue weighted by molar-refractivity contribution is -0.384. The van der Waals surface area contributed by atoms with Gasteiger partial charge < -0.3 is 10.1 Å². The van der Waals surface area contributed by atoms with E-state index in [9.17, 15) is 10.1 Å². The normalized spacial score (nSPS) is 18.6. The number of nitro groups is 1. The van der Waals surface area contributed by atoms with Crippen molar-refractivity contribution in [2.45, 2.75) is 32.2 Å². The van der Waals surface area contributed by atoms with Gasteiger partial charge >= 0.3 is 0 Å². The van der Waals surface area contributed by atoms with Crippen LogP contribution in [0.25, 0.3) is 0 Å². The monoisotopic (exact) mass is 296 g/mol. The summed E-state index contributed by atoms with van der Waals surface area (Å²) in [5.74, 6) is 2.82. The molecule has 0 spiro atoms. The second kappa shape index (κ2) is 7.38. The Bertz CT molecular complexity index is 462. The first-order valence-corrected chi connectivity index (χ1v) is 8.11. The molecule has 0 aromatic heterocycles. The molecule has 1 aromatic carbocycles. The van der Waals surface area contributed by atoms with Gasteiger partial charge in [0.05, 0.1) is 17.6 Å². The van der Waals surface area contributed by atoms with Crippen LogP contribution in [0.5, 0.6) is 5.75 Å². The topological polar surface area (TPSA) is 64.4 Å². The Morgan fingerprint density at radius 3 is 3.00 bits per heavy atom. The molecule has 1 aliphatic heterocycles. The third-order valence-corrected chi connectivity index (χ3v) is 4.32. The summed E-state index contributed by atoms with van der Waals surface area (Å²) in [6.45, 7) is 2.58. The van der Waals surface area contributed by atoms with Gasteiger partial charge in [-0.15, -0.1) is 0 Å². The van der Waals surface area contributed by atoms with E-state index in [1.807, 2.05) is 24.8 Å². The molecule has 1 fully saturated rings. The lowest BCUT2D eigenvalue weighted by atomic mass is 10.1. The quantitative estimate of drug-likeness (QED) is 0.640. The number of benzene rings is 1. The van der Waals surface area contributed by atoms with Crippen molar-refractivity contribution in [3.63, 3.8) is 0 Å². The standard InChI is InChI=1S/C14H20N2O3S/c1-2-5-19-14-8-12(7-13(9-14)16(17)18)15-11-4-3-6-20-10-11/h7-9,11,15H,2-6,10H2,1H3. The molecule has 5 nitrogen and oxygen atoms in total. The highest BCUT2D eigenvalue weighted by atomic mass is 32.2. The van der Waals surface area contributed by atoms with Crippen LogP contribution < -0.4 is 10.1 Å². The summed E-state index contributed by atoms with van der Waals surface area (Å²) in [6.07, 6.45) is 3.18. The third-order valence-electron chi connectivity index (χ3n) is 3.11. The number of nitro benzene ring substituents is 1. The fraction of sp³-hybridized carbons (Fsp3) is 0.571. The fourth-order valence-corrected chi connectivity index (χ4v) is 3.24. The van der Waals surface area contributed by atoms with Gasteiger partial charge in [-0.05, 0) is 25.0 Å². The Kier molecular flexibility index (Phi) is 5.52. The van der Waals surface area contributed by atoms with Gasteiger partial charge in [0.1, 0.15) is 5.75 Å². The van der Waals surface area contributed by atoms with Crippen LogP contribution >= 0.6 is 11.8 Å². The zero-order valence-corrected chi connectivity index (χ0v) is 12.4. The number of thioether (sulfide) groups is 1. The Hall–Kier alpha value is -1.43. The lowest BCUT2D eigenvalue weighted by Crippen LogP contribution is -2.25. The largest absolute Gasteiger partial charge is 0.493 e. The van der Waals surface area contributed by atoms with Crippen molar-refractivity contribution < 1.29 is 9.66 Å². The molecule has 1 saturated heterocycles. The number of hydrogen-bond acceptors (Lipinski definition) is 5. The highest BCUT2D eigenvalue weighted by Crippen LogP contribution is 2.28. The zero-order valence-electron chi connectivity index (χ0n) is 11.6. The van der Waals surface area contributed by atoms with Crippen LogP contribution in [-0.4, -0.2) is 29.1 Å². The minimum absolute atomic E-state index is 0.0737. The molecule has 0 amide bonds. The number of anilines is 1. The molecule has 2 rings (SSSR count). The minimum Gasteiger partial charge on any atom is -0.493 e. The number of hydrogen-bond donors (Lipinski definition) is 1. The van der Waals surface area contributed by atoms with Crippen molar-refractivity contribution >= 4 is 23.1 Å². The van der Waals surface area contributed by atoms with Crippen molar-refractivity contribution in [2.75, 3.05) is 23.4 Å². The molecule has 1 heterocycles. The highest BCUT2D eigenvalue weighted by Gasteiger charge is 2.16. The number of ether oxygens (including phenoxy) is 1. The van der Waals surface area contributed by atoms with E-state index in [0.29, 0.717) is 18.4 Å². The van der Waals surface area contributed by atoms with Crippen molar-refractivity contribution in [2.24, 2.45) is 0 Å². The van der Waals surface area contributed by atoms with E-state index < -0.39 is 0 Å². The summed E-state index contributed by atoms with van der Waals surface area (Å²) < 4.78 is 5.53. The van der Waals surface area contributed by atoms with Gasteiger partial charge in [-0.1, -0.05) is 6.92 Å². The molecule has 110 valence electrons. The molecule has 20 heavy (non-hydrogen) atoms. The maximum Gasteiger partial charge on any atom is 0.275 e. The predicted molar refractivity (Wildman–Crippen MR) is 82.9 cm³/mol. The van der Waals surface area contributed by atoms with Gasteiger partial charge in [-0.2, -0.15) is 11.8 Å². The van der Waals surface area contributed by atoms with E-state index in [4.69, 9.17) is 4.74 Å². The second-order valence-corrected chi connectivity index (χ2v) is 6.03. The highest BCUT2D eigenvalue weighted by molar-refractivity contribution is 7.99. The van der Waals surface area contributed by atoms with Crippen molar-refractivity contribution in [1.82, 2.24) is 0 Å². The number of non-ortho nitro benzene ring substituents is 1. The Balaban J connectivity index is 2.12. The predicted octanol–water partition coefficient (Wildman–Crippen LogP) is 3.69. The summed E-state index contributed by atoms with van der Waals surface area (Å²) in [6, 6.07) is 5.30. The zero-order chi connectivity index (χ0) is 14.4. The van der Waals surface area contributed by atoms with Gasteiger partial charge in [-0.25, -0.2) is 0 Å². The van der Waals surface area contributed by atoms with Gasteiger partial charge in [0, 0.05) is 29.6 Å². The van der Waals surface area contributed by atoms with Gasteiger partial charge in [0.2, 0.25) is 0 Å². The molecule has 1 N–H and O–H groups in total. The van der Waals surface area contributed by atoms with E-state index >= 15 is 0 Å². The average Bonchev–Trinajstić information content (AvgIpc) is 2.46. The van der Waals surface area contributed by atoms with Gasteiger partial charge in [0.25, 0.3) is 5.69 Å². The van der Waals surface area contributed by atoms with Crippen molar-refractivity contribution in [3.05, 3.63) is 28.3 Å². The molecule has 1 aliphatic rings. The Morgan fingerprint density at radius 2 is 2.35 bits per heavy atom. The van der Waals surface area contributed by atoms with Crippen molar-refractivity contribution in [3.8, 4) is 5.75 Å². The second-order valence-electron chi connectivity index (χ2n) is 4.88. The summed E-state index contributed by atoms with van der Waals surface area (Å²) in [4.78, 5) is 10.6. The Labute approximate surface area is 123 Å². The molecule has 1 aromatic rings. The number of rotatable bonds is 6. The summed E-state index contributed by atoms with van der Waals surface area (Å²) in [7, 11) is 0. The summed E-state index contributed by atoms with van der Waals surface area (Å²) >= 11 is 1.92. The minimum atomic E-state index is -0.375. The van der Waals surface area contributed by atoms with E-state index in [1.165, 1.54) is 18.2 Å². The first-order chi connectivity index (χ1) is 9.69. The van der Waals surface area contributed by atoms with Gasteiger partial charge in [0.15, 0.2) is 0 Å². The third kappa shape index (κ3) is 4.30. The average molecular weight is 296 g/mol. The van der Waals surface area contributed by atoms with E-state index in [2.05, 4.69) is 5.32 Å². The van der Waals surface area contributed by atoms with Crippen LogP contribution in [0.2, 0.25) is 0 Å². The number of nitrogens with zero attached hydrogens (tertiary/aromatic N) is 1. The molecule has 1 unspecified atom stereocenters. The van der Waals surface area contributed by atoms with E-state index in [0.717, 1.165) is 24.3 Å². The van der Waals surface area contributed by atoms with Crippen molar-refractivity contribution in [1.29, 1.82) is 0 Å². The lowest BCUT2D eigenvalue weighted by Gasteiger charge is -2.23. The first kappa shape index (κ1) is 15.0. The molecule has 0 bridgehead atoms. The Morgan fingerprint density at radius 1 is 1.50 bits per heavy atom. The SMILES string of the molecule is CCCOc1cc(NC2CCCSC2)cc([N+](=O)[O-])c1.